The van der Waals surface area contributed by atoms with Crippen molar-refractivity contribution in [1.82, 2.24) is 5.06 Å². The Morgan fingerprint density at radius 2 is 1.47 bits per heavy atom. The van der Waals surface area contributed by atoms with Crippen molar-refractivity contribution >= 4 is 0 Å². The van der Waals surface area contributed by atoms with Crippen molar-refractivity contribution < 1.29 is 10.3 Å². The van der Waals surface area contributed by atoms with E-state index in [4.69, 9.17) is 0 Å². The molecule has 0 amide bonds. The van der Waals surface area contributed by atoms with Gasteiger partial charge in [0.05, 0.1) is 0 Å². The molecule has 0 aromatic carbocycles. The van der Waals surface area contributed by atoms with E-state index in [0.717, 1.165) is 11.5 Å². The third kappa shape index (κ3) is 8.85. The minimum Gasteiger partial charge on any atom is -0.376 e. The second-order valence-electron chi connectivity index (χ2n) is 4.15. The van der Waals surface area contributed by atoms with Gasteiger partial charge in [-0.1, -0.05) is 45.4 Å². The molecule has 1 unspecified atom stereocenters. The highest BCUT2D eigenvalue weighted by molar-refractivity contribution is 4.52. The second-order valence-corrected chi connectivity index (χ2v) is 4.15. The van der Waals surface area contributed by atoms with E-state index < -0.39 is 6.23 Å². The number of hydroxylamine groups is 2. The summed E-state index contributed by atoms with van der Waals surface area (Å²) in [6, 6.07) is 0. The molecular weight excluding hydrogens is 190 g/mol. The highest BCUT2D eigenvalue weighted by Gasteiger charge is 2.09. The summed E-state index contributed by atoms with van der Waals surface area (Å²) in [7, 11) is 0. The molecule has 0 saturated heterocycles. The summed E-state index contributed by atoms with van der Waals surface area (Å²) < 4.78 is 0. The van der Waals surface area contributed by atoms with Gasteiger partial charge in [0.2, 0.25) is 0 Å². The third-order valence-corrected chi connectivity index (χ3v) is 2.73. The predicted octanol–water partition coefficient (Wildman–Crippen LogP) is 3.16. The Bertz CT molecular complexity index is 131. The zero-order valence-corrected chi connectivity index (χ0v) is 10.3. The second kappa shape index (κ2) is 10.4. The molecule has 0 bridgehead atoms. The van der Waals surface area contributed by atoms with Gasteiger partial charge in [-0.3, -0.25) is 0 Å². The maximum absolute atomic E-state index is 9.43. The number of unbranched alkanes of at least 4 members (excludes halogenated alkanes) is 6. The smallest absolute Gasteiger partial charge is 0.129 e. The van der Waals surface area contributed by atoms with Crippen molar-refractivity contribution in [2.24, 2.45) is 0 Å². The van der Waals surface area contributed by atoms with E-state index >= 15 is 0 Å². The van der Waals surface area contributed by atoms with Crippen molar-refractivity contribution in [3.8, 4) is 0 Å². The zero-order chi connectivity index (χ0) is 11.5. The van der Waals surface area contributed by atoms with E-state index in [0.29, 0.717) is 13.0 Å². The van der Waals surface area contributed by atoms with Crippen LogP contribution in [0.25, 0.3) is 0 Å². The first-order valence-corrected chi connectivity index (χ1v) is 6.36. The standard InChI is InChI=1S/C12H27NO2/c1-3-5-6-7-8-9-10-11-12(14)13(15)4-2/h12,14-15H,3-11H2,1-2H3. The van der Waals surface area contributed by atoms with Crippen molar-refractivity contribution in [3.05, 3.63) is 0 Å². The molecule has 1 atom stereocenters. The van der Waals surface area contributed by atoms with Gasteiger partial charge in [0.25, 0.3) is 0 Å². The number of aliphatic hydroxyl groups excluding tert-OH is 1. The molecule has 0 radical (unpaired) electrons. The summed E-state index contributed by atoms with van der Waals surface area (Å²) in [4.78, 5) is 0. The van der Waals surface area contributed by atoms with Crippen LogP contribution in [0, 0.1) is 0 Å². The molecule has 0 saturated carbocycles. The molecular formula is C12H27NO2. The molecule has 0 aromatic rings. The fourth-order valence-corrected chi connectivity index (χ4v) is 1.64. The van der Waals surface area contributed by atoms with E-state index in [1.807, 2.05) is 6.92 Å². The minimum absolute atomic E-state index is 0.484. The molecule has 15 heavy (non-hydrogen) atoms. The molecule has 0 fully saturated rings. The van der Waals surface area contributed by atoms with Gasteiger partial charge in [-0.2, -0.15) is 5.06 Å². The average molecular weight is 217 g/mol. The van der Waals surface area contributed by atoms with Gasteiger partial charge < -0.3 is 10.3 Å². The Balaban J connectivity index is 3.16. The van der Waals surface area contributed by atoms with Crippen LogP contribution in [0.4, 0.5) is 0 Å². The number of nitrogens with zero attached hydrogens (tertiary/aromatic N) is 1. The largest absolute Gasteiger partial charge is 0.376 e. The Morgan fingerprint density at radius 1 is 0.933 bits per heavy atom. The van der Waals surface area contributed by atoms with E-state index in [9.17, 15) is 10.3 Å². The van der Waals surface area contributed by atoms with Gasteiger partial charge in [0, 0.05) is 6.54 Å². The molecule has 0 rings (SSSR count). The quantitative estimate of drug-likeness (QED) is 0.335. The number of hydrogen-bond acceptors (Lipinski definition) is 3. The fourth-order valence-electron chi connectivity index (χ4n) is 1.64. The highest BCUT2D eigenvalue weighted by atomic mass is 16.5. The van der Waals surface area contributed by atoms with Gasteiger partial charge in [0.1, 0.15) is 6.23 Å². The number of hydrogen-bond donors (Lipinski definition) is 2. The maximum atomic E-state index is 9.43. The normalized spacial score (nSPS) is 13.4. The van der Waals surface area contributed by atoms with Gasteiger partial charge in [-0.25, -0.2) is 0 Å². The topological polar surface area (TPSA) is 43.7 Å². The Morgan fingerprint density at radius 3 is 2.00 bits per heavy atom. The molecule has 92 valence electrons. The summed E-state index contributed by atoms with van der Waals surface area (Å²) in [6.07, 6.45) is 8.69. The van der Waals surface area contributed by atoms with Crippen molar-refractivity contribution in [2.45, 2.75) is 71.4 Å². The molecule has 3 heteroatoms. The van der Waals surface area contributed by atoms with Crippen molar-refractivity contribution in [1.29, 1.82) is 0 Å². The summed E-state index contributed by atoms with van der Waals surface area (Å²) >= 11 is 0. The zero-order valence-electron chi connectivity index (χ0n) is 10.3. The van der Waals surface area contributed by atoms with Gasteiger partial charge in [-0.15, -0.1) is 0 Å². The first-order valence-electron chi connectivity index (χ1n) is 6.36. The molecule has 0 spiro atoms. The average Bonchev–Trinajstić information content (AvgIpc) is 2.26. The van der Waals surface area contributed by atoms with Crippen LogP contribution in [0.15, 0.2) is 0 Å². The van der Waals surface area contributed by atoms with E-state index in [1.54, 1.807) is 0 Å². The van der Waals surface area contributed by atoms with Crippen molar-refractivity contribution in [2.75, 3.05) is 6.54 Å². The minimum atomic E-state index is -0.675. The Kier molecular flexibility index (Phi) is 10.3. The van der Waals surface area contributed by atoms with Crippen LogP contribution < -0.4 is 0 Å². The summed E-state index contributed by atoms with van der Waals surface area (Å²) in [6.45, 7) is 4.53. The lowest BCUT2D eigenvalue weighted by molar-refractivity contribution is -0.195. The monoisotopic (exact) mass is 217 g/mol. The van der Waals surface area contributed by atoms with Gasteiger partial charge in [-0.05, 0) is 19.8 Å². The van der Waals surface area contributed by atoms with Gasteiger partial charge >= 0.3 is 0 Å². The van der Waals surface area contributed by atoms with Crippen LogP contribution in [0.5, 0.6) is 0 Å². The first-order chi connectivity index (χ1) is 7.22. The molecule has 0 aliphatic carbocycles. The lowest BCUT2D eigenvalue weighted by atomic mass is 10.1. The predicted molar refractivity (Wildman–Crippen MR) is 62.8 cm³/mol. The number of aliphatic hydroxyl groups is 1. The molecule has 0 aromatic heterocycles. The highest BCUT2D eigenvalue weighted by Crippen LogP contribution is 2.10. The molecule has 0 heterocycles. The lowest BCUT2D eigenvalue weighted by Gasteiger charge is -2.19. The van der Waals surface area contributed by atoms with E-state index in [-0.39, 0.29) is 0 Å². The van der Waals surface area contributed by atoms with E-state index in [2.05, 4.69) is 6.92 Å². The van der Waals surface area contributed by atoms with Crippen LogP contribution in [0.3, 0.4) is 0 Å². The summed E-state index contributed by atoms with van der Waals surface area (Å²) in [5.41, 5.74) is 0. The first kappa shape index (κ1) is 14.9. The van der Waals surface area contributed by atoms with Crippen LogP contribution in [0.1, 0.15) is 65.2 Å². The van der Waals surface area contributed by atoms with Crippen molar-refractivity contribution in [3.63, 3.8) is 0 Å². The third-order valence-electron chi connectivity index (χ3n) is 2.73. The fraction of sp³-hybridized carbons (Fsp3) is 1.00. The summed E-state index contributed by atoms with van der Waals surface area (Å²) in [5.74, 6) is 0. The van der Waals surface area contributed by atoms with Crippen LogP contribution in [0.2, 0.25) is 0 Å². The Labute approximate surface area is 94.1 Å². The Hall–Kier alpha value is -0.120. The van der Waals surface area contributed by atoms with E-state index in [1.165, 1.54) is 38.5 Å². The summed E-state index contributed by atoms with van der Waals surface area (Å²) in [5, 5.41) is 19.6. The van der Waals surface area contributed by atoms with Crippen LogP contribution >= 0.6 is 0 Å². The van der Waals surface area contributed by atoms with Crippen LogP contribution in [-0.4, -0.2) is 28.1 Å². The van der Waals surface area contributed by atoms with Crippen LogP contribution in [-0.2, 0) is 0 Å². The molecule has 2 N–H and O–H groups in total. The molecule has 3 nitrogen and oxygen atoms in total. The molecule has 0 aliphatic rings. The SMILES string of the molecule is CCCCCCCCCC(O)N(O)CC. The maximum Gasteiger partial charge on any atom is 0.129 e. The lowest BCUT2D eigenvalue weighted by Crippen LogP contribution is -2.31. The van der Waals surface area contributed by atoms with Gasteiger partial charge in [0.15, 0.2) is 0 Å². The molecule has 0 aliphatic heterocycles. The number of rotatable bonds is 10.